The predicted molar refractivity (Wildman–Crippen MR) is 174 cm³/mol. The second kappa shape index (κ2) is 12.9. The molecule has 1 aliphatic heterocycles. The Morgan fingerprint density at radius 3 is 2.21 bits per heavy atom. The van der Waals surface area contributed by atoms with Crippen LogP contribution in [-0.2, 0) is 23.1 Å². The fraction of sp³-hybridized carbons (Fsp3) is 0.314. The number of benzene rings is 3. The van der Waals surface area contributed by atoms with Gasteiger partial charge in [-0.2, -0.15) is 9.94 Å². The lowest BCUT2D eigenvalue weighted by molar-refractivity contribution is -0.130. The van der Waals surface area contributed by atoms with Crippen molar-refractivity contribution in [2.24, 2.45) is 11.5 Å². The van der Waals surface area contributed by atoms with Gasteiger partial charge in [-0.1, -0.05) is 12.1 Å². The van der Waals surface area contributed by atoms with Gasteiger partial charge in [0.05, 0.1) is 23.7 Å². The Morgan fingerprint density at radius 1 is 1.04 bits per heavy atom. The summed E-state index contributed by atoms with van der Waals surface area (Å²) in [6.45, 7) is 2.41. The topological polar surface area (TPSA) is 193 Å². The van der Waals surface area contributed by atoms with Crippen LogP contribution in [0, 0.1) is 17.1 Å². The zero-order chi connectivity index (χ0) is 34.2. The average molecular weight is 651 g/mol. The highest BCUT2D eigenvalue weighted by Gasteiger charge is 2.45. The van der Waals surface area contributed by atoms with Crippen LogP contribution in [0.15, 0.2) is 65.5 Å². The molecule has 1 aromatic heterocycles. The van der Waals surface area contributed by atoms with Gasteiger partial charge in [0.15, 0.2) is 0 Å². The number of aryl methyl sites for hydroxylation is 2. The number of nitrogens with zero attached hydrogens (tertiary/aromatic N) is 4. The summed E-state index contributed by atoms with van der Waals surface area (Å²) < 4.78 is 15.0. The summed E-state index contributed by atoms with van der Waals surface area (Å²) in [6, 6.07) is 17.1. The van der Waals surface area contributed by atoms with Crippen molar-refractivity contribution in [3.8, 4) is 11.8 Å². The number of likely N-dealkylation sites (tertiary alicyclic amines) is 1. The zero-order valence-corrected chi connectivity index (χ0v) is 26.3. The molecular formula is C35H35FN8O4. The molecule has 246 valence electrons. The Kier molecular flexibility index (Phi) is 8.68. The van der Waals surface area contributed by atoms with Crippen LogP contribution in [0.3, 0.4) is 0 Å². The number of primary amides is 2. The first-order valence-electron chi connectivity index (χ1n) is 15.8. The first kappa shape index (κ1) is 32.3. The Bertz CT molecular complexity index is 1950. The zero-order valence-electron chi connectivity index (χ0n) is 26.3. The van der Waals surface area contributed by atoms with Crippen LogP contribution in [0.1, 0.15) is 75.0 Å². The predicted octanol–water partition coefficient (Wildman–Crippen LogP) is 2.21. The van der Waals surface area contributed by atoms with Gasteiger partial charge in [0, 0.05) is 23.7 Å². The van der Waals surface area contributed by atoms with Crippen molar-refractivity contribution in [3.05, 3.63) is 116 Å². The van der Waals surface area contributed by atoms with Crippen LogP contribution < -0.4 is 22.5 Å². The fourth-order valence-electron chi connectivity index (χ4n) is 7.09. The van der Waals surface area contributed by atoms with E-state index in [4.69, 9.17) is 16.6 Å². The Morgan fingerprint density at radius 2 is 1.65 bits per heavy atom. The number of hydrogen-bond donors (Lipinski definition) is 4. The molecular weight excluding hydrogens is 615 g/mol. The highest BCUT2D eigenvalue weighted by atomic mass is 19.1. The molecule has 2 heterocycles. The van der Waals surface area contributed by atoms with Crippen LogP contribution in [0.25, 0.3) is 5.69 Å². The van der Waals surface area contributed by atoms with Crippen molar-refractivity contribution in [1.82, 2.24) is 25.0 Å². The normalized spacial score (nSPS) is 17.1. The van der Waals surface area contributed by atoms with Crippen molar-refractivity contribution >= 4 is 17.7 Å². The molecule has 0 unspecified atom stereocenters. The molecule has 12 nitrogen and oxygen atoms in total. The number of amides is 3. The number of aromatic nitrogens is 3. The molecule has 4 aromatic rings. The summed E-state index contributed by atoms with van der Waals surface area (Å²) in [7, 11) is 0. The van der Waals surface area contributed by atoms with Gasteiger partial charge in [0.25, 0.3) is 0 Å². The number of nitrogens with one attached hydrogen (secondary N) is 2. The van der Waals surface area contributed by atoms with Crippen LogP contribution >= 0.6 is 0 Å². The molecule has 6 rings (SSSR count). The van der Waals surface area contributed by atoms with Crippen molar-refractivity contribution in [1.29, 1.82) is 5.26 Å². The fourth-order valence-corrected chi connectivity index (χ4v) is 7.09. The maximum absolute atomic E-state index is 13.8. The largest absolute Gasteiger partial charge is 0.366 e. The second-order valence-electron chi connectivity index (χ2n) is 12.4. The van der Waals surface area contributed by atoms with Crippen LogP contribution in [-0.4, -0.2) is 62.6 Å². The molecule has 3 amide bonds. The molecule has 3 aromatic carbocycles. The van der Waals surface area contributed by atoms with E-state index in [9.17, 15) is 28.8 Å². The maximum atomic E-state index is 13.8. The minimum Gasteiger partial charge on any atom is -0.366 e. The third-order valence-electron chi connectivity index (χ3n) is 9.39. The number of carbonyl (C=O) groups excluding carboxylic acids is 3. The lowest BCUT2D eigenvalue weighted by Crippen LogP contribution is -2.45. The van der Waals surface area contributed by atoms with E-state index in [1.54, 1.807) is 41.3 Å². The molecule has 2 atom stereocenters. The maximum Gasteiger partial charge on any atom is 0.348 e. The Hall–Kier alpha value is -5.61. The smallest absolute Gasteiger partial charge is 0.348 e. The molecule has 0 radical (unpaired) electrons. The molecule has 48 heavy (non-hydrogen) atoms. The summed E-state index contributed by atoms with van der Waals surface area (Å²) >= 11 is 0. The molecule has 0 saturated carbocycles. The third kappa shape index (κ3) is 5.86. The molecule has 1 saturated heterocycles. The number of rotatable bonds is 9. The van der Waals surface area contributed by atoms with E-state index in [-0.39, 0.29) is 30.7 Å². The highest BCUT2D eigenvalue weighted by molar-refractivity contribution is 5.94. The number of nitrogens with two attached hydrogens (primary N) is 2. The lowest BCUT2D eigenvalue weighted by Gasteiger charge is -2.37. The highest BCUT2D eigenvalue weighted by Crippen LogP contribution is 2.47. The number of hydrogen-bond acceptors (Lipinski definition) is 7. The van der Waals surface area contributed by atoms with Crippen molar-refractivity contribution < 1.29 is 18.8 Å². The van der Waals surface area contributed by atoms with E-state index in [0.717, 1.165) is 33.4 Å². The van der Waals surface area contributed by atoms with Gasteiger partial charge in [-0.25, -0.2) is 9.18 Å². The van der Waals surface area contributed by atoms with Crippen molar-refractivity contribution in [2.75, 3.05) is 13.1 Å². The Balaban J connectivity index is 1.53. The summed E-state index contributed by atoms with van der Waals surface area (Å²) in [4.78, 5) is 55.8. The summed E-state index contributed by atoms with van der Waals surface area (Å²) in [5, 5.41) is 17.6. The van der Waals surface area contributed by atoms with Gasteiger partial charge in [0.1, 0.15) is 17.7 Å². The number of nitriles is 1. The number of aromatic amines is 1. The number of carbonyl (C=O) groups is 3. The van der Waals surface area contributed by atoms with E-state index >= 15 is 0 Å². The van der Waals surface area contributed by atoms with Gasteiger partial charge in [-0.3, -0.25) is 19.4 Å². The van der Waals surface area contributed by atoms with Crippen molar-refractivity contribution in [3.63, 3.8) is 0 Å². The van der Waals surface area contributed by atoms with Gasteiger partial charge < -0.3 is 21.7 Å². The molecule has 0 spiro atoms. The van der Waals surface area contributed by atoms with E-state index in [1.165, 1.54) is 24.3 Å². The van der Waals surface area contributed by atoms with Crippen LogP contribution in [0.5, 0.6) is 0 Å². The number of H-pyrrole nitrogens is 1. The molecule has 6 N–H and O–H groups in total. The van der Waals surface area contributed by atoms with Gasteiger partial charge in [-0.05, 0) is 110 Å². The minimum atomic E-state index is -1.18. The average Bonchev–Trinajstić information content (AvgIpc) is 3.69. The molecule has 2 aliphatic rings. The summed E-state index contributed by atoms with van der Waals surface area (Å²) in [6.07, 6.45) is 2.62. The van der Waals surface area contributed by atoms with E-state index < -0.39 is 34.8 Å². The first-order valence-corrected chi connectivity index (χ1v) is 15.8. The minimum absolute atomic E-state index is 0.0170. The van der Waals surface area contributed by atoms with Gasteiger partial charge in [-0.15, -0.1) is 5.10 Å². The van der Waals surface area contributed by atoms with E-state index in [2.05, 4.69) is 16.4 Å². The van der Waals surface area contributed by atoms with E-state index in [0.29, 0.717) is 42.6 Å². The van der Waals surface area contributed by atoms with Gasteiger partial charge in [0.2, 0.25) is 17.7 Å². The van der Waals surface area contributed by atoms with E-state index in [1.807, 2.05) is 6.92 Å². The quantitative estimate of drug-likeness (QED) is 0.213. The van der Waals surface area contributed by atoms with Crippen molar-refractivity contribution in [2.45, 2.75) is 56.5 Å². The summed E-state index contributed by atoms with van der Waals surface area (Å²) in [5.74, 6) is -1.58. The number of fused-ring (bicyclic) bond motifs is 2. The third-order valence-corrected chi connectivity index (χ3v) is 9.39. The van der Waals surface area contributed by atoms with Crippen LogP contribution in [0.4, 0.5) is 4.39 Å². The molecule has 1 aliphatic carbocycles. The summed E-state index contributed by atoms with van der Waals surface area (Å²) in [5.41, 5.74) is 13.7. The number of halogens is 1. The lowest BCUT2D eigenvalue weighted by atomic mass is 9.67. The SMILES string of the molecule is C[C@H](CC1(c2nn(-c3ccc(F)cc3)c(=O)[nH]2)c2ccc(C(N)=O)cc2CCc2cc(C(N)=O)ccc21)NCC(=O)N1CCC[C@H]1C#N. The van der Waals surface area contributed by atoms with Crippen LogP contribution in [0.2, 0.25) is 0 Å². The second-order valence-corrected chi connectivity index (χ2v) is 12.4. The monoisotopic (exact) mass is 650 g/mol. The standard InChI is InChI=1S/C35H35FN8O4/c1-20(40-19-30(45)43-14-2-3-27(43)18-37)17-35(33-41-34(48)44(42-33)26-10-8-25(36)9-11-26)28-12-6-23(31(38)46)15-21(28)4-5-22-16-24(32(39)47)7-13-29(22)35/h6-13,15-16,20,27,40H,2-5,14,17,19H2,1H3,(H2,38,46)(H2,39,47)(H,41,42,48)/t20-,27+/m1/s1. The first-order chi connectivity index (χ1) is 23.0. The van der Waals surface area contributed by atoms with Gasteiger partial charge >= 0.3 is 5.69 Å². The Labute approximate surface area is 275 Å². The molecule has 1 fully saturated rings. The molecule has 13 heteroatoms. The molecule has 0 bridgehead atoms.